The zero-order chi connectivity index (χ0) is 17.9. The van der Waals surface area contributed by atoms with Crippen LogP contribution in [0.1, 0.15) is 48.4 Å². The van der Waals surface area contributed by atoms with Crippen molar-refractivity contribution >= 4 is 7.28 Å². The van der Waals surface area contributed by atoms with Crippen LogP contribution in [0.15, 0.2) is 24.4 Å². The molecule has 2 nitrogen and oxygen atoms in total. The van der Waals surface area contributed by atoms with Crippen molar-refractivity contribution in [2.75, 3.05) is 26.2 Å². The summed E-state index contributed by atoms with van der Waals surface area (Å²) < 4.78 is 0. The summed E-state index contributed by atoms with van der Waals surface area (Å²) in [6.45, 7) is 11.5. The van der Waals surface area contributed by atoms with Gasteiger partial charge in [0.1, 0.15) is 7.28 Å². The Morgan fingerprint density at radius 3 is 3.00 bits per heavy atom. The van der Waals surface area contributed by atoms with Crippen LogP contribution in [0.3, 0.4) is 0 Å². The molecule has 2 fully saturated rings. The van der Waals surface area contributed by atoms with Gasteiger partial charge in [0.15, 0.2) is 0 Å². The number of nitrogens with one attached hydrogen (secondary N) is 1. The molecule has 3 aliphatic heterocycles. The fourth-order valence-electron chi connectivity index (χ4n) is 5.17. The first-order valence-corrected chi connectivity index (χ1v) is 10.8. The molecule has 1 radical (unpaired) electrons. The Morgan fingerprint density at radius 1 is 1.35 bits per heavy atom. The fraction of sp³-hybridized carbons (Fsp3) is 0.652. The van der Waals surface area contributed by atoms with Gasteiger partial charge in [0.25, 0.3) is 0 Å². The van der Waals surface area contributed by atoms with Crippen molar-refractivity contribution in [3.8, 4) is 0 Å². The number of hydrogen-bond donors (Lipinski definition) is 1. The van der Waals surface area contributed by atoms with Gasteiger partial charge in [0.05, 0.1) is 0 Å². The van der Waals surface area contributed by atoms with Crippen molar-refractivity contribution in [1.82, 2.24) is 10.2 Å². The molecule has 1 unspecified atom stereocenters. The van der Waals surface area contributed by atoms with Gasteiger partial charge >= 0.3 is 0 Å². The van der Waals surface area contributed by atoms with Gasteiger partial charge in [-0.1, -0.05) is 44.7 Å². The van der Waals surface area contributed by atoms with Crippen LogP contribution in [0.4, 0.5) is 0 Å². The summed E-state index contributed by atoms with van der Waals surface area (Å²) in [5.74, 6) is 1.48. The Bertz CT molecular complexity index is 642. The van der Waals surface area contributed by atoms with Crippen LogP contribution in [-0.2, 0) is 25.6 Å². The van der Waals surface area contributed by atoms with E-state index in [0.717, 1.165) is 12.5 Å². The summed E-state index contributed by atoms with van der Waals surface area (Å²) in [7, 11) is 2.48. The summed E-state index contributed by atoms with van der Waals surface area (Å²) in [6.07, 6.45) is 10.1. The number of piperidine rings is 1. The molecule has 2 saturated heterocycles. The molecule has 139 valence electrons. The molecule has 4 rings (SSSR count). The number of benzene rings is 1. The lowest BCUT2D eigenvalue weighted by Gasteiger charge is -2.45. The number of likely N-dealkylation sites (tertiary alicyclic amines) is 1. The average Bonchev–Trinajstić information content (AvgIpc) is 2.66. The van der Waals surface area contributed by atoms with E-state index in [-0.39, 0.29) is 0 Å². The summed E-state index contributed by atoms with van der Waals surface area (Å²) in [5, 5.41) is 3.53. The summed E-state index contributed by atoms with van der Waals surface area (Å²) in [5.41, 5.74) is 8.00. The number of fused-ring (bicyclic) bond motifs is 1. The molecule has 0 aromatic heterocycles. The number of aryl methyl sites for hydroxylation is 1. The normalized spacial score (nSPS) is 23.1. The van der Waals surface area contributed by atoms with Crippen LogP contribution in [0.5, 0.6) is 0 Å². The van der Waals surface area contributed by atoms with Crippen LogP contribution >= 0.6 is 0 Å². The molecular formula is C23H34BN2. The van der Waals surface area contributed by atoms with Crippen molar-refractivity contribution in [3.63, 3.8) is 0 Å². The summed E-state index contributed by atoms with van der Waals surface area (Å²) >= 11 is 0. The highest BCUT2D eigenvalue weighted by Gasteiger charge is 2.31. The Labute approximate surface area is 160 Å². The smallest absolute Gasteiger partial charge is 0.115 e. The molecule has 0 aliphatic carbocycles. The van der Waals surface area contributed by atoms with E-state index in [1.54, 1.807) is 22.3 Å². The largest absolute Gasteiger partial charge is 0.374 e. The van der Waals surface area contributed by atoms with Gasteiger partial charge in [-0.2, -0.15) is 0 Å². The van der Waals surface area contributed by atoms with E-state index < -0.39 is 0 Å². The van der Waals surface area contributed by atoms with E-state index in [1.165, 1.54) is 76.5 Å². The van der Waals surface area contributed by atoms with Crippen LogP contribution < -0.4 is 5.32 Å². The van der Waals surface area contributed by atoms with Crippen molar-refractivity contribution < 1.29 is 0 Å². The van der Waals surface area contributed by atoms with Gasteiger partial charge in [0.2, 0.25) is 0 Å². The van der Waals surface area contributed by atoms with Gasteiger partial charge in [-0.05, 0) is 66.8 Å². The second-order valence-electron chi connectivity index (χ2n) is 8.63. The van der Waals surface area contributed by atoms with E-state index in [4.69, 9.17) is 0 Å². The van der Waals surface area contributed by atoms with Crippen molar-refractivity contribution in [2.45, 2.75) is 58.1 Å². The minimum absolute atomic E-state index is 0.666. The topological polar surface area (TPSA) is 15.3 Å². The first-order chi connectivity index (χ1) is 12.8. The molecule has 0 bridgehead atoms. The average molecular weight is 349 g/mol. The van der Waals surface area contributed by atoms with Crippen LogP contribution in [0.25, 0.3) is 0 Å². The molecule has 3 aliphatic rings. The molecule has 1 atom stereocenters. The van der Waals surface area contributed by atoms with Gasteiger partial charge in [-0.3, -0.25) is 0 Å². The van der Waals surface area contributed by atoms with E-state index in [9.17, 15) is 0 Å². The molecule has 0 amide bonds. The molecule has 3 heteroatoms. The number of rotatable bonds is 6. The number of hydrogen-bond acceptors (Lipinski definition) is 2. The quantitative estimate of drug-likeness (QED) is 0.786. The SMILES string of the molecule is C=C(C1CCCNC1)N1CC(Cc2ccc3c(c2CCC)C[B]CC3)C1. The van der Waals surface area contributed by atoms with Gasteiger partial charge in [-0.25, -0.2) is 0 Å². The Kier molecular flexibility index (Phi) is 5.73. The molecule has 1 aromatic carbocycles. The van der Waals surface area contributed by atoms with Crippen LogP contribution in [-0.4, -0.2) is 38.4 Å². The maximum atomic E-state index is 4.43. The Morgan fingerprint density at radius 2 is 2.23 bits per heavy atom. The third-order valence-corrected chi connectivity index (χ3v) is 6.73. The molecule has 3 heterocycles. The standard InChI is InChI=1S/C23H34BN2/c1-3-5-22-20(8-7-19-9-10-24-13-23(19)22)12-18-15-26(16-18)17(2)21-6-4-11-25-14-21/h7-8,18,21,25H,2-6,9-16H2,1H3. The van der Waals surface area contributed by atoms with E-state index in [1.807, 2.05) is 0 Å². The molecule has 1 N–H and O–H groups in total. The molecular weight excluding hydrogens is 315 g/mol. The molecule has 26 heavy (non-hydrogen) atoms. The molecule has 0 spiro atoms. The third-order valence-electron chi connectivity index (χ3n) is 6.73. The third kappa shape index (κ3) is 3.74. The monoisotopic (exact) mass is 349 g/mol. The first-order valence-electron chi connectivity index (χ1n) is 10.8. The summed E-state index contributed by atoms with van der Waals surface area (Å²) in [6, 6.07) is 4.89. The maximum Gasteiger partial charge on any atom is 0.115 e. The fourth-order valence-corrected chi connectivity index (χ4v) is 5.17. The van der Waals surface area contributed by atoms with Crippen LogP contribution in [0, 0.1) is 11.8 Å². The molecule has 1 aromatic rings. The van der Waals surface area contributed by atoms with Gasteiger partial charge in [0, 0.05) is 31.2 Å². The highest BCUT2D eigenvalue weighted by atomic mass is 15.2. The second-order valence-corrected chi connectivity index (χ2v) is 8.63. The van der Waals surface area contributed by atoms with Crippen LogP contribution in [0.2, 0.25) is 6.32 Å². The Hall–Kier alpha value is -1.22. The molecule has 0 saturated carbocycles. The highest BCUT2D eigenvalue weighted by molar-refractivity contribution is 6.35. The minimum Gasteiger partial charge on any atom is -0.374 e. The lowest BCUT2D eigenvalue weighted by atomic mass is 9.61. The summed E-state index contributed by atoms with van der Waals surface area (Å²) in [4.78, 5) is 2.55. The predicted octanol–water partition coefficient (Wildman–Crippen LogP) is 3.81. The van der Waals surface area contributed by atoms with Gasteiger partial charge < -0.3 is 10.2 Å². The first kappa shape index (κ1) is 18.2. The van der Waals surface area contributed by atoms with E-state index in [0.29, 0.717) is 5.92 Å². The van der Waals surface area contributed by atoms with E-state index >= 15 is 0 Å². The second kappa shape index (κ2) is 8.21. The minimum atomic E-state index is 0.666. The van der Waals surface area contributed by atoms with Crippen molar-refractivity contribution in [3.05, 3.63) is 46.7 Å². The number of nitrogens with zero attached hydrogens (tertiary/aromatic N) is 1. The zero-order valence-electron chi connectivity index (χ0n) is 16.5. The van der Waals surface area contributed by atoms with Gasteiger partial charge in [-0.15, -0.1) is 0 Å². The maximum absolute atomic E-state index is 4.43. The predicted molar refractivity (Wildman–Crippen MR) is 112 cm³/mol. The lowest BCUT2D eigenvalue weighted by Crippen LogP contribution is -2.49. The van der Waals surface area contributed by atoms with Crippen molar-refractivity contribution in [2.24, 2.45) is 11.8 Å². The Balaban J connectivity index is 1.38. The van der Waals surface area contributed by atoms with Crippen molar-refractivity contribution in [1.29, 1.82) is 0 Å². The van der Waals surface area contributed by atoms with E-state index in [2.05, 4.69) is 43.1 Å². The zero-order valence-corrected chi connectivity index (χ0v) is 16.5. The highest BCUT2D eigenvalue weighted by Crippen LogP contribution is 2.32. The lowest BCUT2D eigenvalue weighted by molar-refractivity contribution is 0.122.